The second-order valence-electron chi connectivity index (χ2n) is 3.33. The fraction of sp³-hybridized carbons (Fsp3) is 0.273. The van der Waals surface area contributed by atoms with Gasteiger partial charge in [-0.3, -0.25) is 0 Å². The van der Waals surface area contributed by atoms with Crippen molar-refractivity contribution in [3.8, 4) is 5.75 Å². The molecule has 0 aliphatic rings. The summed E-state index contributed by atoms with van der Waals surface area (Å²) in [6, 6.07) is 6.22. The molecule has 0 spiro atoms. The predicted octanol–water partition coefficient (Wildman–Crippen LogP) is 2.10. The zero-order valence-electron chi connectivity index (χ0n) is 9.17. The molecule has 17 heavy (non-hydrogen) atoms. The molecule has 0 saturated carbocycles. The minimum absolute atomic E-state index is 0.0361. The summed E-state index contributed by atoms with van der Waals surface area (Å²) in [7, 11) is 1.38. The highest BCUT2D eigenvalue weighted by atomic mass is 19.4. The van der Waals surface area contributed by atoms with E-state index in [4.69, 9.17) is 0 Å². The Morgan fingerprint density at radius 3 is 2.53 bits per heavy atom. The number of aromatic hydroxyl groups is 1. The molecule has 1 rings (SSSR count). The predicted molar refractivity (Wildman–Crippen MR) is 58.1 cm³/mol. The number of benzene rings is 1. The monoisotopic (exact) mass is 246 g/mol. The summed E-state index contributed by atoms with van der Waals surface area (Å²) >= 11 is 0. The van der Waals surface area contributed by atoms with Crippen LogP contribution in [0.5, 0.6) is 5.75 Å². The van der Waals surface area contributed by atoms with Crippen LogP contribution in [0, 0.1) is 0 Å². The van der Waals surface area contributed by atoms with Crippen LogP contribution in [0.15, 0.2) is 36.2 Å². The number of allylic oxidation sites excluding steroid dienone is 1. The normalized spacial score (nSPS) is 12.4. The molecule has 6 heteroatoms. The van der Waals surface area contributed by atoms with E-state index in [0.717, 1.165) is 6.20 Å². The second kappa shape index (κ2) is 5.47. The first kappa shape index (κ1) is 13.2. The van der Waals surface area contributed by atoms with E-state index in [0.29, 0.717) is 5.56 Å². The van der Waals surface area contributed by atoms with E-state index in [2.05, 4.69) is 10.6 Å². The van der Waals surface area contributed by atoms with Gasteiger partial charge in [-0.05, 0) is 6.07 Å². The average Bonchev–Trinajstić information content (AvgIpc) is 2.24. The third-order valence-corrected chi connectivity index (χ3v) is 2.05. The van der Waals surface area contributed by atoms with Gasteiger partial charge in [-0.25, -0.2) is 0 Å². The lowest BCUT2D eigenvalue weighted by molar-refractivity contribution is -0.0973. The molecule has 0 radical (unpaired) electrons. The van der Waals surface area contributed by atoms with E-state index in [1.165, 1.54) is 13.1 Å². The van der Waals surface area contributed by atoms with Gasteiger partial charge >= 0.3 is 6.18 Å². The number of hydrogen-bond acceptors (Lipinski definition) is 3. The number of alkyl halides is 3. The van der Waals surface area contributed by atoms with Crippen LogP contribution in [0.25, 0.3) is 0 Å². The highest BCUT2D eigenvalue weighted by Crippen LogP contribution is 2.24. The fourth-order valence-corrected chi connectivity index (χ4v) is 1.23. The Labute approximate surface area is 97.0 Å². The number of halogens is 3. The minimum Gasteiger partial charge on any atom is -0.508 e. The van der Waals surface area contributed by atoms with Crippen LogP contribution in [0.3, 0.4) is 0 Å². The zero-order valence-corrected chi connectivity index (χ0v) is 9.17. The molecule has 0 heterocycles. The van der Waals surface area contributed by atoms with E-state index >= 15 is 0 Å². The highest BCUT2D eigenvalue weighted by molar-refractivity contribution is 5.32. The molecule has 0 aromatic heterocycles. The Balaban J connectivity index is 2.72. The van der Waals surface area contributed by atoms with Gasteiger partial charge in [-0.1, -0.05) is 18.2 Å². The van der Waals surface area contributed by atoms with Crippen LogP contribution in [0.2, 0.25) is 0 Å². The van der Waals surface area contributed by atoms with Gasteiger partial charge in [0.1, 0.15) is 11.4 Å². The van der Waals surface area contributed by atoms with E-state index in [9.17, 15) is 18.3 Å². The summed E-state index contributed by atoms with van der Waals surface area (Å²) in [4.78, 5) is 0. The van der Waals surface area contributed by atoms with Crippen molar-refractivity contribution >= 4 is 0 Å². The summed E-state index contributed by atoms with van der Waals surface area (Å²) in [5.74, 6) is -0.0361. The van der Waals surface area contributed by atoms with Crippen LogP contribution in [-0.4, -0.2) is 18.3 Å². The molecule has 0 amide bonds. The van der Waals surface area contributed by atoms with Crippen molar-refractivity contribution in [2.45, 2.75) is 12.7 Å². The molecule has 94 valence electrons. The summed E-state index contributed by atoms with van der Waals surface area (Å²) < 4.78 is 37.4. The first-order valence-corrected chi connectivity index (χ1v) is 4.90. The van der Waals surface area contributed by atoms with E-state index in [-0.39, 0.29) is 12.3 Å². The number of phenolic OH excluding ortho intramolecular Hbond substituents is 1. The van der Waals surface area contributed by atoms with Gasteiger partial charge in [0.05, 0.1) is 0 Å². The first-order chi connectivity index (χ1) is 7.95. The maximum atomic E-state index is 12.5. The number of hydrogen-bond donors (Lipinski definition) is 3. The number of nitrogens with one attached hydrogen (secondary N) is 2. The molecule has 3 N–H and O–H groups in total. The maximum absolute atomic E-state index is 12.5. The number of para-hydroxylation sites is 1. The summed E-state index contributed by atoms with van der Waals surface area (Å²) in [6.07, 6.45) is -3.62. The van der Waals surface area contributed by atoms with Crippen molar-refractivity contribution in [1.29, 1.82) is 0 Å². The lowest BCUT2D eigenvalue weighted by Crippen LogP contribution is -2.27. The minimum atomic E-state index is -4.45. The Hall–Kier alpha value is -1.85. The molecular formula is C11H13F3N2O. The van der Waals surface area contributed by atoms with Crippen molar-refractivity contribution in [3.63, 3.8) is 0 Å². The summed E-state index contributed by atoms with van der Waals surface area (Å²) in [6.45, 7) is -0.0975. The fourth-order valence-electron chi connectivity index (χ4n) is 1.23. The molecule has 0 atom stereocenters. The van der Waals surface area contributed by atoms with Gasteiger partial charge in [0, 0.05) is 25.4 Å². The maximum Gasteiger partial charge on any atom is 0.432 e. The van der Waals surface area contributed by atoms with Crippen molar-refractivity contribution in [2.75, 3.05) is 7.05 Å². The third kappa shape index (κ3) is 3.90. The number of phenols is 1. The lowest BCUT2D eigenvalue weighted by Gasteiger charge is -2.14. The van der Waals surface area contributed by atoms with Crippen LogP contribution in [0.4, 0.5) is 13.2 Å². The van der Waals surface area contributed by atoms with Gasteiger partial charge < -0.3 is 15.7 Å². The quantitative estimate of drug-likeness (QED) is 0.762. The van der Waals surface area contributed by atoms with Gasteiger partial charge in [0.15, 0.2) is 0 Å². The van der Waals surface area contributed by atoms with E-state index < -0.39 is 11.9 Å². The standard InChI is InChI=1S/C11H13F3N2O/c1-15-7-10(11(12,13)14)16-6-8-4-2-3-5-9(8)17/h2-5,7,15-17H,6H2,1H3/b10-7-. The van der Waals surface area contributed by atoms with E-state index in [1.54, 1.807) is 18.2 Å². The van der Waals surface area contributed by atoms with Gasteiger partial charge in [0.2, 0.25) is 0 Å². The van der Waals surface area contributed by atoms with Crippen molar-refractivity contribution < 1.29 is 18.3 Å². The number of rotatable bonds is 4. The molecular weight excluding hydrogens is 233 g/mol. The zero-order chi connectivity index (χ0) is 12.9. The Morgan fingerprint density at radius 1 is 1.35 bits per heavy atom. The molecule has 0 saturated heterocycles. The second-order valence-corrected chi connectivity index (χ2v) is 3.33. The van der Waals surface area contributed by atoms with Crippen molar-refractivity contribution in [2.24, 2.45) is 0 Å². The van der Waals surface area contributed by atoms with Crippen molar-refractivity contribution in [1.82, 2.24) is 10.6 Å². The molecule has 0 bridgehead atoms. The molecule has 1 aromatic carbocycles. The highest BCUT2D eigenvalue weighted by Gasteiger charge is 2.33. The first-order valence-electron chi connectivity index (χ1n) is 4.90. The molecule has 0 unspecified atom stereocenters. The molecule has 0 aliphatic carbocycles. The largest absolute Gasteiger partial charge is 0.508 e. The molecule has 0 fully saturated rings. The van der Waals surface area contributed by atoms with Gasteiger partial charge in [-0.15, -0.1) is 0 Å². The van der Waals surface area contributed by atoms with Gasteiger partial charge in [0.25, 0.3) is 0 Å². The Bertz CT molecular complexity index is 402. The van der Waals surface area contributed by atoms with Crippen LogP contribution >= 0.6 is 0 Å². The van der Waals surface area contributed by atoms with Gasteiger partial charge in [-0.2, -0.15) is 13.2 Å². The SMILES string of the molecule is CN/C=C(\NCc1ccccc1O)C(F)(F)F. The molecule has 1 aromatic rings. The topological polar surface area (TPSA) is 44.3 Å². The summed E-state index contributed by atoms with van der Waals surface area (Å²) in [5.41, 5.74) is -0.484. The Kier molecular flexibility index (Phi) is 4.25. The average molecular weight is 246 g/mol. The van der Waals surface area contributed by atoms with Crippen LogP contribution in [-0.2, 0) is 6.54 Å². The molecule has 0 aliphatic heterocycles. The summed E-state index contributed by atoms with van der Waals surface area (Å²) in [5, 5.41) is 13.9. The van der Waals surface area contributed by atoms with Crippen LogP contribution < -0.4 is 10.6 Å². The molecule has 3 nitrogen and oxygen atoms in total. The van der Waals surface area contributed by atoms with Crippen molar-refractivity contribution in [3.05, 3.63) is 41.7 Å². The smallest absolute Gasteiger partial charge is 0.432 e. The third-order valence-electron chi connectivity index (χ3n) is 2.05. The van der Waals surface area contributed by atoms with E-state index in [1.807, 2.05) is 0 Å². The Morgan fingerprint density at radius 2 is 2.00 bits per heavy atom. The lowest BCUT2D eigenvalue weighted by atomic mass is 10.2. The van der Waals surface area contributed by atoms with Crippen LogP contribution in [0.1, 0.15) is 5.56 Å².